The molecule has 1 rings (SSSR count). The summed E-state index contributed by atoms with van der Waals surface area (Å²) in [6.45, 7) is 4.99. The van der Waals surface area contributed by atoms with E-state index >= 15 is 0 Å². The third-order valence-corrected chi connectivity index (χ3v) is 3.43. The number of nitrogens with one attached hydrogen (secondary N) is 1. The summed E-state index contributed by atoms with van der Waals surface area (Å²) in [7, 11) is 3.88. The summed E-state index contributed by atoms with van der Waals surface area (Å²) >= 11 is 0. The van der Waals surface area contributed by atoms with Gasteiger partial charge in [0.25, 0.3) is 5.91 Å². The quantitative estimate of drug-likeness (QED) is 0.687. The fraction of sp³-hybridized carbons (Fsp3) is 0.474. The zero-order valence-corrected chi connectivity index (χ0v) is 17.0. The smallest absolute Gasteiger partial charge is 0.338 e. The van der Waals surface area contributed by atoms with Gasteiger partial charge in [0.05, 0.1) is 31.9 Å². The van der Waals surface area contributed by atoms with Crippen molar-refractivity contribution in [1.82, 2.24) is 10.2 Å². The van der Waals surface area contributed by atoms with Gasteiger partial charge >= 0.3 is 11.9 Å². The molecule has 0 fully saturated rings. The number of esters is 2. The van der Waals surface area contributed by atoms with Crippen LogP contribution >= 0.6 is 0 Å². The molecule has 0 aliphatic carbocycles. The molecule has 0 radical (unpaired) electrons. The van der Waals surface area contributed by atoms with Gasteiger partial charge in [-0.25, -0.2) is 9.59 Å². The summed E-state index contributed by atoms with van der Waals surface area (Å²) < 4.78 is 14.7. The number of benzene rings is 1. The second-order valence-corrected chi connectivity index (χ2v) is 7.07. The van der Waals surface area contributed by atoms with Crippen LogP contribution in [-0.4, -0.2) is 68.6 Å². The SMILES string of the molecule is COC(=O)c1cc(OCC(=O)N(C)CC(=O)NC(C)(C)C)cc(C(=O)OC)c1. The van der Waals surface area contributed by atoms with Gasteiger partial charge in [-0.05, 0) is 39.0 Å². The Morgan fingerprint density at radius 1 is 0.964 bits per heavy atom. The van der Waals surface area contributed by atoms with E-state index in [2.05, 4.69) is 14.8 Å². The number of nitrogens with zero attached hydrogens (tertiary/aromatic N) is 1. The summed E-state index contributed by atoms with van der Waals surface area (Å²) in [5.74, 6) is -1.98. The summed E-state index contributed by atoms with van der Waals surface area (Å²) in [5, 5.41) is 2.76. The van der Waals surface area contributed by atoms with E-state index in [-0.39, 0.29) is 35.9 Å². The van der Waals surface area contributed by atoms with Crippen LogP contribution in [0.5, 0.6) is 5.75 Å². The average Bonchev–Trinajstić information content (AvgIpc) is 2.62. The van der Waals surface area contributed by atoms with Gasteiger partial charge in [0.2, 0.25) is 5.91 Å². The molecule has 0 spiro atoms. The molecule has 28 heavy (non-hydrogen) atoms. The summed E-state index contributed by atoms with van der Waals surface area (Å²) in [6.07, 6.45) is 0. The van der Waals surface area contributed by atoms with Gasteiger partial charge in [0.15, 0.2) is 6.61 Å². The highest BCUT2D eigenvalue weighted by atomic mass is 16.5. The van der Waals surface area contributed by atoms with Crippen molar-refractivity contribution in [2.75, 3.05) is 34.4 Å². The number of hydrogen-bond acceptors (Lipinski definition) is 7. The lowest BCUT2D eigenvalue weighted by molar-refractivity contribution is -0.136. The van der Waals surface area contributed by atoms with Crippen molar-refractivity contribution < 1.29 is 33.4 Å². The van der Waals surface area contributed by atoms with Crippen molar-refractivity contribution in [2.45, 2.75) is 26.3 Å². The third kappa shape index (κ3) is 7.26. The molecule has 0 saturated heterocycles. The molecule has 1 aromatic rings. The van der Waals surface area contributed by atoms with E-state index in [0.717, 1.165) is 0 Å². The zero-order chi connectivity index (χ0) is 21.5. The van der Waals surface area contributed by atoms with Gasteiger partial charge in [-0.15, -0.1) is 0 Å². The van der Waals surface area contributed by atoms with Crippen LogP contribution in [0.25, 0.3) is 0 Å². The predicted molar refractivity (Wildman–Crippen MR) is 100 cm³/mol. The summed E-state index contributed by atoms with van der Waals surface area (Å²) in [5.41, 5.74) is -0.257. The maximum Gasteiger partial charge on any atom is 0.338 e. The first-order chi connectivity index (χ1) is 13.0. The zero-order valence-electron chi connectivity index (χ0n) is 17.0. The molecule has 0 atom stereocenters. The minimum absolute atomic E-state index is 0.0748. The topological polar surface area (TPSA) is 111 Å². The van der Waals surface area contributed by atoms with Crippen LogP contribution in [0.1, 0.15) is 41.5 Å². The number of rotatable bonds is 7. The van der Waals surface area contributed by atoms with Crippen LogP contribution in [0.3, 0.4) is 0 Å². The third-order valence-electron chi connectivity index (χ3n) is 3.43. The predicted octanol–water partition coefficient (Wildman–Crippen LogP) is 1.01. The molecule has 9 nitrogen and oxygen atoms in total. The van der Waals surface area contributed by atoms with Gasteiger partial charge in [0, 0.05) is 12.6 Å². The molecule has 0 heterocycles. The number of hydrogen-bond donors (Lipinski definition) is 1. The average molecular weight is 394 g/mol. The van der Waals surface area contributed by atoms with E-state index in [1.54, 1.807) is 0 Å². The molecule has 0 aromatic heterocycles. The Morgan fingerprint density at radius 3 is 1.89 bits per heavy atom. The van der Waals surface area contributed by atoms with Crippen molar-refractivity contribution in [3.05, 3.63) is 29.3 Å². The minimum atomic E-state index is -0.669. The van der Waals surface area contributed by atoms with Crippen molar-refractivity contribution >= 4 is 23.8 Å². The second-order valence-electron chi connectivity index (χ2n) is 7.07. The largest absolute Gasteiger partial charge is 0.484 e. The Labute approximate surface area is 163 Å². The molecule has 0 unspecified atom stereocenters. The molecule has 1 N–H and O–H groups in total. The molecular formula is C19H26N2O7. The fourth-order valence-corrected chi connectivity index (χ4v) is 2.17. The highest BCUT2D eigenvalue weighted by molar-refractivity contribution is 5.96. The number of methoxy groups -OCH3 is 2. The first-order valence-corrected chi connectivity index (χ1v) is 8.46. The van der Waals surface area contributed by atoms with E-state index < -0.39 is 23.4 Å². The Kier molecular flexibility index (Phi) is 7.97. The second kappa shape index (κ2) is 9.72. The first-order valence-electron chi connectivity index (χ1n) is 8.46. The lowest BCUT2D eigenvalue weighted by Crippen LogP contribution is -2.47. The Balaban J connectivity index is 2.82. The maximum absolute atomic E-state index is 12.2. The Hall–Kier alpha value is -3.10. The van der Waals surface area contributed by atoms with Gasteiger partial charge < -0.3 is 24.4 Å². The molecule has 0 saturated carbocycles. The summed E-state index contributed by atoms with van der Waals surface area (Å²) in [6, 6.07) is 3.99. The van der Waals surface area contributed by atoms with E-state index in [1.807, 2.05) is 20.8 Å². The van der Waals surface area contributed by atoms with Crippen LogP contribution < -0.4 is 10.1 Å². The molecule has 154 valence electrons. The van der Waals surface area contributed by atoms with E-state index in [0.29, 0.717) is 0 Å². The number of likely N-dealkylation sites (N-methyl/N-ethyl adjacent to an activating group) is 1. The molecule has 2 amide bonds. The Bertz CT molecular complexity index is 719. The van der Waals surface area contributed by atoms with Gasteiger partial charge in [-0.2, -0.15) is 0 Å². The standard InChI is InChI=1S/C19H26N2O7/c1-19(2,3)20-15(22)10-21(4)16(23)11-28-14-8-12(17(24)26-5)7-13(9-14)18(25)27-6/h7-9H,10-11H2,1-6H3,(H,20,22). The number of carbonyl (C=O) groups is 4. The molecular weight excluding hydrogens is 368 g/mol. The van der Waals surface area contributed by atoms with E-state index in [9.17, 15) is 19.2 Å². The van der Waals surface area contributed by atoms with Crippen molar-refractivity contribution in [1.29, 1.82) is 0 Å². The molecule has 1 aromatic carbocycles. The van der Waals surface area contributed by atoms with Gasteiger partial charge in [-0.1, -0.05) is 0 Å². The highest BCUT2D eigenvalue weighted by Crippen LogP contribution is 2.19. The molecule has 0 bridgehead atoms. The Morgan fingerprint density at radius 2 is 1.46 bits per heavy atom. The lowest BCUT2D eigenvalue weighted by atomic mass is 10.1. The van der Waals surface area contributed by atoms with Crippen LogP contribution in [0.15, 0.2) is 18.2 Å². The van der Waals surface area contributed by atoms with E-state index in [1.165, 1.54) is 44.4 Å². The molecule has 0 aliphatic rings. The van der Waals surface area contributed by atoms with Crippen LogP contribution in [0, 0.1) is 0 Å². The monoisotopic (exact) mass is 394 g/mol. The normalized spacial score (nSPS) is 10.6. The molecule has 0 aliphatic heterocycles. The number of carbonyl (C=O) groups excluding carboxylic acids is 4. The highest BCUT2D eigenvalue weighted by Gasteiger charge is 2.19. The number of ether oxygens (including phenoxy) is 3. The first kappa shape index (κ1) is 22.9. The van der Waals surface area contributed by atoms with Gasteiger partial charge in [-0.3, -0.25) is 9.59 Å². The minimum Gasteiger partial charge on any atom is -0.484 e. The van der Waals surface area contributed by atoms with Crippen LogP contribution in [-0.2, 0) is 19.1 Å². The van der Waals surface area contributed by atoms with Crippen LogP contribution in [0.2, 0.25) is 0 Å². The maximum atomic E-state index is 12.2. The summed E-state index contributed by atoms with van der Waals surface area (Å²) in [4.78, 5) is 48.8. The van der Waals surface area contributed by atoms with Crippen molar-refractivity contribution in [2.24, 2.45) is 0 Å². The van der Waals surface area contributed by atoms with Crippen molar-refractivity contribution in [3.63, 3.8) is 0 Å². The van der Waals surface area contributed by atoms with Crippen molar-refractivity contribution in [3.8, 4) is 5.75 Å². The van der Waals surface area contributed by atoms with Crippen LogP contribution in [0.4, 0.5) is 0 Å². The fourth-order valence-electron chi connectivity index (χ4n) is 2.17. The van der Waals surface area contributed by atoms with E-state index in [4.69, 9.17) is 4.74 Å². The molecule has 9 heteroatoms. The lowest BCUT2D eigenvalue weighted by Gasteiger charge is -2.23. The van der Waals surface area contributed by atoms with Gasteiger partial charge in [0.1, 0.15) is 5.75 Å². The number of amides is 2.